The third kappa shape index (κ3) is 4.95. The van der Waals surface area contributed by atoms with Crippen LogP contribution in [0.3, 0.4) is 0 Å². The Hall–Kier alpha value is -2.87. The predicted octanol–water partition coefficient (Wildman–Crippen LogP) is 5.07. The van der Waals surface area contributed by atoms with Crippen molar-refractivity contribution in [3.8, 4) is 0 Å². The summed E-state index contributed by atoms with van der Waals surface area (Å²) in [4.78, 5) is 11.3. The van der Waals surface area contributed by atoms with Gasteiger partial charge in [-0.25, -0.2) is 13.2 Å². The second kappa shape index (κ2) is 7.51. The van der Waals surface area contributed by atoms with Gasteiger partial charge < -0.3 is 5.11 Å². The summed E-state index contributed by atoms with van der Waals surface area (Å²) in [6.45, 7) is 0. The molecule has 0 saturated heterocycles. The lowest BCUT2D eigenvalue weighted by molar-refractivity contribution is -0.133. The van der Waals surface area contributed by atoms with Gasteiger partial charge in [-0.2, -0.15) is 13.2 Å². The van der Waals surface area contributed by atoms with Crippen LogP contribution >= 0.6 is 0 Å². The van der Waals surface area contributed by atoms with E-state index in [9.17, 15) is 26.4 Å². The smallest absolute Gasteiger partial charge is 0.389 e. The summed E-state index contributed by atoms with van der Waals surface area (Å²) >= 11 is 0. The summed E-state index contributed by atoms with van der Waals surface area (Å²) in [6, 6.07) is 10.5. The van der Waals surface area contributed by atoms with Crippen molar-refractivity contribution in [3.63, 3.8) is 0 Å². The molecule has 29 heavy (non-hydrogen) atoms. The molecule has 1 aliphatic carbocycles. The molecule has 0 aromatic heterocycles. The monoisotopic (exact) mass is 422 g/mol. The molecule has 0 unspecified atom stereocenters. The predicted molar refractivity (Wildman–Crippen MR) is 104 cm³/mol. The highest BCUT2D eigenvalue weighted by atomic mass is 32.2. The van der Waals surface area contributed by atoms with Crippen LogP contribution in [0.5, 0.6) is 0 Å². The third-order valence-corrected chi connectivity index (χ3v) is 5.65. The van der Waals surface area contributed by atoms with E-state index in [-0.39, 0.29) is 16.9 Å². The number of aromatic carboxylic acids is 1. The summed E-state index contributed by atoms with van der Waals surface area (Å²) < 4.78 is 61.9. The first-order chi connectivity index (χ1) is 13.4. The van der Waals surface area contributed by atoms with Gasteiger partial charge in [-0.15, -0.1) is 0 Å². The van der Waals surface area contributed by atoms with Crippen molar-refractivity contribution in [2.75, 3.05) is 6.26 Å². The summed E-state index contributed by atoms with van der Waals surface area (Å²) in [5, 5.41) is 9.15. The maximum absolute atomic E-state index is 12.8. The van der Waals surface area contributed by atoms with Crippen molar-refractivity contribution in [1.29, 1.82) is 0 Å². The minimum Gasteiger partial charge on any atom is -0.478 e. The highest BCUT2D eigenvalue weighted by Gasteiger charge is 2.29. The molecule has 0 amide bonds. The maximum Gasteiger partial charge on any atom is 0.389 e. The molecule has 0 heterocycles. The summed E-state index contributed by atoms with van der Waals surface area (Å²) in [5.41, 5.74) is 2.65. The molecule has 0 atom stereocenters. The van der Waals surface area contributed by atoms with Crippen molar-refractivity contribution < 1.29 is 31.5 Å². The zero-order valence-electron chi connectivity index (χ0n) is 15.3. The van der Waals surface area contributed by atoms with Gasteiger partial charge in [-0.3, -0.25) is 0 Å². The van der Waals surface area contributed by atoms with Crippen LogP contribution in [0.1, 0.15) is 39.9 Å². The van der Waals surface area contributed by atoms with Crippen molar-refractivity contribution in [2.45, 2.75) is 23.9 Å². The fourth-order valence-electron chi connectivity index (χ4n) is 3.16. The molecule has 152 valence electrons. The first-order valence-corrected chi connectivity index (χ1v) is 10.5. The van der Waals surface area contributed by atoms with E-state index in [0.717, 1.165) is 6.26 Å². The summed E-state index contributed by atoms with van der Waals surface area (Å²) in [6.07, 6.45) is -1.37. The molecule has 0 aliphatic heterocycles. The number of carboxylic acid groups (broad SMARTS) is 1. The van der Waals surface area contributed by atoms with Crippen LogP contribution in [0.2, 0.25) is 0 Å². The Bertz CT molecular complexity index is 1140. The Labute approximate surface area is 165 Å². The second-order valence-electron chi connectivity index (χ2n) is 6.79. The fraction of sp³-hybridized carbons (Fsp3) is 0.190. The normalized spacial score (nSPS) is 15.3. The van der Waals surface area contributed by atoms with E-state index in [2.05, 4.69) is 0 Å². The van der Waals surface area contributed by atoms with Gasteiger partial charge in [0.1, 0.15) is 0 Å². The van der Waals surface area contributed by atoms with Gasteiger partial charge in [0, 0.05) is 12.7 Å². The molecule has 2 aromatic rings. The van der Waals surface area contributed by atoms with E-state index in [1.807, 2.05) is 0 Å². The van der Waals surface area contributed by atoms with Gasteiger partial charge in [0.15, 0.2) is 9.84 Å². The fourth-order valence-corrected chi connectivity index (χ4v) is 3.81. The number of carbonyl (C=O) groups is 1. The number of hydrogen-bond donors (Lipinski definition) is 1. The first kappa shape index (κ1) is 20.9. The number of hydrogen-bond acceptors (Lipinski definition) is 3. The molecule has 2 aromatic carbocycles. The molecule has 3 rings (SSSR count). The van der Waals surface area contributed by atoms with Gasteiger partial charge in [-0.05, 0) is 64.6 Å². The molecule has 4 nitrogen and oxygen atoms in total. The molecular formula is C21H17F3O4S. The Morgan fingerprint density at radius 3 is 2.48 bits per heavy atom. The average molecular weight is 422 g/mol. The first-order valence-electron chi connectivity index (χ1n) is 8.61. The van der Waals surface area contributed by atoms with Gasteiger partial charge in [0.05, 0.1) is 10.5 Å². The van der Waals surface area contributed by atoms with Crippen LogP contribution in [-0.2, 0) is 9.84 Å². The Kier molecular flexibility index (Phi) is 5.40. The number of alkyl halides is 3. The number of halogens is 3. The van der Waals surface area contributed by atoms with Crippen LogP contribution in [-0.4, -0.2) is 31.9 Å². The van der Waals surface area contributed by atoms with E-state index >= 15 is 0 Å². The van der Waals surface area contributed by atoms with E-state index in [4.69, 9.17) is 5.11 Å². The quantitative estimate of drug-likeness (QED) is 0.730. The van der Waals surface area contributed by atoms with Gasteiger partial charge in [-0.1, -0.05) is 24.3 Å². The second-order valence-corrected chi connectivity index (χ2v) is 8.81. The minimum absolute atomic E-state index is 0.0609. The van der Waals surface area contributed by atoms with Crippen LogP contribution in [0.25, 0.3) is 17.7 Å². The summed E-state index contributed by atoms with van der Waals surface area (Å²) in [7, 11) is -3.46. The molecule has 1 N–H and O–H groups in total. The molecule has 1 aliphatic rings. The number of carboxylic acids is 1. The van der Waals surface area contributed by atoms with E-state index in [1.165, 1.54) is 24.3 Å². The highest BCUT2D eigenvalue weighted by Crippen LogP contribution is 2.41. The number of sulfone groups is 1. The van der Waals surface area contributed by atoms with Crippen molar-refractivity contribution >= 4 is 33.5 Å². The number of benzene rings is 2. The van der Waals surface area contributed by atoms with Crippen molar-refractivity contribution in [1.82, 2.24) is 0 Å². The number of fused-ring (bicyclic) bond motifs is 1. The zero-order chi connectivity index (χ0) is 21.4. The van der Waals surface area contributed by atoms with Crippen LogP contribution in [0.15, 0.2) is 52.9 Å². The van der Waals surface area contributed by atoms with Gasteiger partial charge in [0.2, 0.25) is 0 Å². The highest BCUT2D eigenvalue weighted by molar-refractivity contribution is 7.90. The summed E-state index contributed by atoms with van der Waals surface area (Å²) in [5.74, 6) is -1.11. The molecule has 0 radical (unpaired) electrons. The molecule has 0 bridgehead atoms. The average Bonchev–Trinajstić information content (AvgIpc) is 2.96. The molecule has 0 saturated carbocycles. The van der Waals surface area contributed by atoms with Crippen LogP contribution in [0.4, 0.5) is 13.2 Å². The van der Waals surface area contributed by atoms with Crippen LogP contribution in [0, 0.1) is 0 Å². The largest absolute Gasteiger partial charge is 0.478 e. The zero-order valence-corrected chi connectivity index (χ0v) is 16.1. The minimum atomic E-state index is -4.33. The Morgan fingerprint density at radius 2 is 1.86 bits per heavy atom. The van der Waals surface area contributed by atoms with Gasteiger partial charge in [0.25, 0.3) is 0 Å². The Balaban J connectivity index is 2.09. The lowest BCUT2D eigenvalue weighted by atomic mass is 9.97. The standard InChI is InChI=1S/C21H17F3O4S/c1-29(27,28)17-5-6-18-16(12-17)11-14(7-8-21(22,23)24)19(18)10-13-3-2-4-15(9-13)20(25)26/h2-6,9-12H,7-8H2,1H3,(H,25,26)/b19-10-. The topological polar surface area (TPSA) is 71.4 Å². The van der Waals surface area contributed by atoms with Crippen LogP contribution < -0.4 is 0 Å². The molecule has 0 fully saturated rings. The van der Waals surface area contributed by atoms with Crippen molar-refractivity contribution in [2.24, 2.45) is 0 Å². The maximum atomic E-state index is 12.8. The molecule has 0 spiro atoms. The molecule has 8 heteroatoms. The number of rotatable bonds is 5. The van der Waals surface area contributed by atoms with E-state index in [1.54, 1.807) is 30.4 Å². The lowest BCUT2D eigenvalue weighted by Crippen LogP contribution is -2.07. The van der Waals surface area contributed by atoms with Crippen molar-refractivity contribution in [3.05, 3.63) is 70.3 Å². The number of allylic oxidation sites excluding steroid dienone is 2. The third-order valence-electron chi connectivity index (χ3n) is 4.54. The molecular weight excluding hydrogens is 405 g/mol. The lowest BCUT2D eigenvalue weighted by Gasteiger charge is -2.11. The van der Waals surface area contributed by atoms with E-state index < -0.39 is 28.4 Å². The Morgan fingerprint density at radius 1 is 1.14 bits per heavy atom. The SMILES string of the molecule is CS(=O)(=O)c1ccc2c(c1)C=C(CCC(F)(F)F)/C2=C/c1cccc(C(=O)O)c1. The van der Waals surface area contributed by atoms with E-state index in [0.29, 0.717) is 27.8 Å². The van der Waals surface area contributed by atoms with Gasteiger partial charge >= 0.3 is 12.1 Å².